The van der Waals surface area contributed by atoms with Crippen molar-refractivity contribution in [3.63, 3.8) is 0 Å². The molecule has 0 saturated heterocycles. The van der Waals surface area contributed by atoms with Gasteiger partial charge in [0.25, 0.3) is 0 Å². The van der Waals surface area contributed by atoms with Gasteiger partial charge >= 0.3 is 8.56 Å². The molecule has 0 saturated carbocycles. The third kappa shape index (κ3) is 4.94. The molecule has 0 aliphatic rings. The lowest BCUT2D eigenvalue weighted by Gasteiger charge is -2.48. The van der Waals surface area contributed by atoms with E-state index >= 15 is 0 Å². The van der Waals surface area contributed by atoms with Gasteiger partial charge in [-0.15, -0.1) is 0 Å². The monoisotopic (exact) mass is 308 g/mol. The minimum absolute atomic E-state index is 0.0745. The second-order valence-electron chi connectivity index (χ2n) is 8.66. The molecule has 0 fully saturated rings. The van der Waals surface area contributed by atoms with Crippen molar-refractivity contribution in [2.24, 2.45) is 0 Å². The number of benzene rings is 1. The predicted octanol–water partition coefficient (Wildman–Crippen LogP) is 4.77. The van der Waals surface area contributed by atoms with E-state index in [2.05, 4.69) is 86.6 Å². The molecular weight excluding hydrogens is 276 g/mol. The molecule has 3 heteroatoms. The minimum Gasteiger partial charge on any atom is -0.386 e. The fraction of sp³-hybridized carbons (Fsp3) is 0.667. The van der Waals surface area contributed by atoms with Crippen molar-refractivity contribution < 1.29 is 8.85 Å². The molecule has 0 aromatic heterocycles. The highest BCUT2D eigenvalue weighted by Crippen LogP contribution is 2.42. The molecule has 1 aromatic carbocycles. The van der Waals surface area contributed by atoms with E-state index in [0.717, 1.165) is 0 Å². The summed E-state index contributed by atoms with van der Waals surface area (Å²) >= 11 is 0. The van der Waals surface area contributed by atoms with Gasteiger partial charge in [0.15, 0.2) is 0 Å². The van der Waals surface area contributed by atoms with Crippen molar-refractivity contribution in [2.45, 2.75) is 78.6 Å². The van der Waals surface area contributed by atoms with E-state index in [9.17, 15) is 0 Å². The Bertz CT molecular complexity index is 431. The lowest BCUT2D eigenvalue weighted by atomic mass is 10.2. The third-order valence-corrected chi connectivity index (χ3v) is 7.91. The maximum atomic E-state index is 6.67. The highest BCUT2D eigenvalue weighted by molar-refractivity contribution is 6.83. The van der Waals surface area contributed by atoms with E-state index in [1.165, 1.54) is 5.19 Å². The minimum atomic E-state index is -2.64. The van der Waals surface area contributed by atoms with Crippen LogP contribution in [0.4, 0.5) is 0 Å². The lowest BCUT2D eigenvalue weighted by molar-refractivity contribution is 0.0111. The number of rotatable bonds is 3. The summed E-state index contributed by atoms with van der Waals surface area (Å²) in [5.41, 5.74) is -0.499. The molecule has 0 N–H and O–H groups in total. The summed E-state index contributed by atoms with van der Waals surface area (Å²) in [4.78, 5) is 0. The Morgan fingerprint density at radius 1 is 0.667 bits per heavy atom. The smallest absolute Gasteiger partial charge is 0.378 e. The van der Waals surface area contributed by atoms with Gasteiger partial charge in [-0.3, -0.25) is 0 Å². The normalized spacial score (nSPS) is 14.3. The Morgan fingerprint density at radius 3 is 1.33 bits per heavy atom. The molecule has 0 heterocycles. The molecule has 1 rings (SSSR count). The first kappa shape index (κ1) is 18.4. The lowest BCUT2D eigenvalue weighted by Crippen LogP contribution is -2.65. The van der Waals surface area contributed by atoms with Gasteiger partial charge in [-0.1, -0.05) is 51.1 Å². The van der Waals surface area contributed by atoms with Crippen LogP contribution in [-0.4, -0.2) is 19.8 Å². The van der Waals surface area contributed by atoms with Gasteiger partial charge in [0.2, 0.25) is 0 Å². The molecule has 0 aliphatic carbocycles. The van der Waals surface area contributed by atoms with Gasteiger partial charge in [0.05, 0.1) is 11.2 Å². The highest BCUT2D eigenvalue weighted by atomic mass is 28.4. The third-order valence-electron chi connectivity index (χ3n) is 3.04. The molecule has 21 heavy (non-hydrogen) atoms. The quantitative estimate of drug-likeness (QED) is 0.749. The molecule has 1 aromatic rings. The van der Waals surface area contributed by atoms with Gasteiger partial charge in [-0.2, -0.15) is 0 Å². The summed E-state index contributed by atoms with van der Waals surface area (Å²) in [5.74, 6) is 0. The van der Waals surface area contributed by atoms with Gasteiger partial charge < -0.3 is 8.85 Å². The van der Waals surface area contributed by atoms with Crippen LogP contribution in [-0.2, 0) is 8.85 Å². The largest absolute Gasteiger partial charge is 0.386 e. The highest BCUT2D eigenvalue weighted by Gasteiger charge is 2.55. The standard InChI is InChI=1S/C18H32O2Si/c1-16(2,3)19-21(18(7,8)9,20-17(4,5)6)15-13-11-10-12-14-15/h10-14H,1-9H3. The Kier molecular flexibility index (Phi) is 5.14. The van der Waals surface area contributed by atoms with Crippen molar-refractivity contribution in [1.29, 1.82) is 0 Å². The first-order chi connectivity index (χ1) is 9.27. The molecule has 120 valence electrons. The van der Waals surface area contributed by atoms with E-state index < -0.39 is 8.56 Å². The SMILES string of the molecule is CC(C)(C)O[Si](OC(C)(C)C)(c1ccccc1)C(C)(C)C. The second kappa shape index (κ2) is 5.86. The van der Waals surface area contributed by atoms with Gasteiger partial charge in [0.1, 0.15) is 0 Å². The Morgan fingerprint density at radius 2 is 1.05 bits per heavy atom. The number of hydrogen-bond acceptors (Lipinski definition) is 2. The molecule has 0 aliphatic heterocycles. The molecule has 2 nitrogen and oxygen atoms in total. The van der Waals surface area contributed by atoms with Crippen molar-refractivity contribution in [3.05, 3.63) is 30.3 Å². The summed E-state index contributed by atoms with van der Waals surface area (Å²) in [6, 6.07) is 10.5. The molecule has 0 spiro atoms. The Balaban J connectivity index is 3.49. The van der Waals surface area contributed by atoms with Crippen LogP contribution >= 0.6 is 0 Å². The molecule has 0 amide bonds. The van der Waals surface area contributed by atoms with E-state index in [4.69, 9.17) is 8.85 Å². The summed E-state index contributed by atoms with van der Waals surface area (Å²) in [5, 5.41) is 1.12. The maximum absolute atomic E-state index is 6.67. The predicted molar refractivity (Wildman–Crippen MR) is 93.2 cm³/mol. The van der Waals surface area contributed by atoms with Crippen LogP contribution in [0.25, 0.3) is 0 Å². The van der Waals surface area contributed by atoms with Gasteiger partial charge in [0, 0.05) is 5.04 Å². The summed E-state index contributed by atoms with van der Waals surface area (Å²) in [6.45, 7) is 19.3. The van der Waals surface area contributed by atoms with Crippen molar-refractivity contribution >= 4 is 13.7 Å². The second-order valence-corrected chi connectivity index (χ2v) is 12.4. The summed E-state index contributed by atoms with van der Waals surface area (Å²) in [6.07, 6.45) is 0. The van der Waals surface area contributed by atoms with Crippen LogP contribution in [0.1, 0.15) is 62.3 Å². The van der Waals surface area contributed by atoms with Crippen LogP contribution in [0.3, 0.4) is 0 Å². The fourth-order valence-corrected chi connectivity index (χ4v) is 6.51. The van der Waals surface area contributed by atoms with Crippen LogP contribution in [0.5, 0.6) is 0 Å². The fourth-order valence-electron chi connectivity index (χ4n) is 2.40. The van der Waals surface area contributed by atoms with Crippen molar-refractivity contribution in [3.8, 4) is 0 Å². The van der Waals surface area contributed by atoms with Gasteiger partial charge in [-0.25, -0.2) is 0 Å². The van der Waals surface area contributed by atoms with Crippen LogP contribution in [0.15, 0.2) is 30.3 Å². The first-order valence-electron chi connectivity index (χ1n) is 7.73. The zero-order chi connectivity index (χ0) is 16.5. The van der Waals surface area contributed by atoms with Crippen LogP contribution < -0.4 is 5.19 Å². The van der Waals surface area contributed by atoms with E-state index in [1.807, 2.05) is 6.07 Å². The van der Waals surface area contributed by atoms with E-state index in [-0.39, 0.29) is 16.2 Å². The topological polar surface area (TPSA) is 18.5 Å². The molecule has 0 atom stereocenters. The zero-order valence-corrected chi connectivity index (χ0v) is 16.2. The molecule has 0 radical (unpaired) electrons. The molecule has 0 unspecified atom stereocenters. The number of hydrogen-bond donors (Lipinski definition) is 0. The van der Waals surface area contributed by atoms with E-state index in [0.29, 0.717) is 0 Å². The average Bonchev–Trinajstić information content (AvgIpc) is 2.23. The maximum Gasteiger partial charge on any atom is 0.378 e. The molecular formula is C18H32O2Si. The Hall–Kier alpha value is -0.643. The van der Waals surface area contributed by atoms with Crippen molar-refractivity contribution in [2.75, 3.05) is 0 Å². The van der Waals surface area contributed by atoms with E-state index in [1.54, 1.807) is 0 Å². The summed E-state index contributed by atoms with van der Waals surface area (Å²) in [7, 11) is -2.64. The molecule has 0 bridgehead atoms. The Labute approximate surface area is 132 Å². The van der Waals surface area contributed by atoms with Crippen LogP contribution in [0, 0.1) is 0 Å². The summed E-state index contributed by atoms with van der Waals surface area (Å²) < 4.78 is 13.3. The van der Waals surface area contributed by atoms with Crippen LogP contribution in [0.2, 0.25) is 5.04 Å². The zero-order valence-electron chi connectivity index (χ0n) is 15.2. The van der Waals surface area contributed by atoms with Gasteiger partial charge in [-0.05, 0) is 46.7 Å². The van der Waals surface area contributed by atoms with Crippen molar-refractivity contribution in [1.82, 2.24) is 0 Å². The average molecular weight is 309 g/mol. The first-order valence-corrected chi connectivity index (χ1v) is 9.54.